The summed E-state index contributed by atoms with van der Waals surface area (Å²) in [6.07, 6.45) is 8.63. The number of piperidine rings is 1. The average Bonchev–Trinajstić information content (AvgIpc) is 3.12. The largest absolute Gasteiger partial charge is 0.342 e. The van der Waals surface area contributed by atoms with E-state index in [0.717, 1.165) is 37.3 Å². The molecule has 5 heteroatoms. The predicted octanol–water partition coefficient (Wildman–Crippen LogP) is 4.13. The van der Waals surface area contributed by atoms with E-state index in [4.69, 9.17) is 0 Å². The van der Waals surface area contributed by atoms with Crippen molar-refractivity contribution >= 4 is 17.7 Å². The highest BCUT2D eigenvalue weighted by molar-refractivity contribution is 7.98. The fourth-order valence-corrected chi connectivity index (χ4v) is 3.93. The first-order valence-electron chi connectivity index (χ1n) is 9.02. The summed E-state index contributed by atoms with van der Waals surface area (Å²) in [5.41, 5.74) is 1.09. The van der Waals surface area contributed by atoms with Crippen molar-refractivity contribution in [3.05, 3.63) is 48.0 Å². The maximum Gasteiger partial charge on any atom is 0.227 e. The lowest BCUT2D eigenvalue weighted by molar-refractivity contribution is -0.131. The lowest BCUT2D eigenvalue weighted by Crippen LogP contribution is -2.40. The van der Waals surface area contributed by atoms with Gasteiger partial charge < -0.3 is 9.47 Å². The van der Waals surface area contributed by atoms with Crippen molar-refractivity contribution in [2.24, 2.45) is 0 Å². The van der Waals surface area contributed by atoms with Crippen molar-refractivity contribution in [3.8, 4) is 0 Å². The molecule has 0 bridgehead atoms. The summed E-state index contributed by atoms with van der Waals surface area (Å²) < 4.78 is 2.24. The van der Waals surface area contributed by atoms with Crippen LogP contribution < -0.4 is 0 Å². The van der Waals surface area contributed by atoms with E-state index in [9.17, 15) is 4.79 Å². The third-order valence-electron chi connectivity index (χ3n) is 4.91. The van der Waals surface area contributed by atoms with Crippen LogP contribution in [0.3, 0.4) is 0 Å². The van der Waals surface area contributed by atoms with Crippen LogP contribution in [0.1, 0.15) is 50.0 Å². The van der Waals surface area contributed by atoms with Crippen LogP contribution in [-0.2, 0) is 11.2 Å². The number of rotatable bonds is 5. The quantitative estimate of drug-likeness (QED) is 0.755. The molecular weight excluding hydrogens is 330 g/mol. The second-order valence-corrected chi connectivity index (χ2v) is 7.87. The highest BCUT2D eigenvalue weighted by Crippen LogP contribution is 2.28. The molecule has 1 aliphatic rings. The number of thioether (sulfide) groups is 1. The monoisotopic (exact) mass is 357 g/mol. The molecule has 0 saturated carbocycles. The molecule has 4 nitrogen and oxygen atoms in total. The second-order valence-electron chi connectivity index (χ2n) is 6.99. The topological polar surface area (TPSA) is 38.1 Å². The van der Waals surface area contributed by atoms with Gasteiger partial charge in [-0.25, -0.2) is 4.98 Å². The van der Waals surface area contributed by atoms with Crippen molar-refractivity contribution in [1.82, 2.24) is 14.5 Å². The molecule has 1 saturated heterocycles. The van der Waals surface area contributed by atoms with Crippen molar-refractivity contribution in [2.45, 2.75) is 50.0 Å². The Morgan fingerprint density at radius 1 is 1.32 bits per heavy atom. The number of carbonyl (C=O) groups excluding carboxylic acids is 1. The Labute approximate surface area is 154 Å². The van der Waals surface area contributed by atoms with Gasteiger partial charge in [0.1, 0.15) is 5.82 Å². The Morgan fingerprint density at radius 2 is 2.08 bits per heavy atom. The number of likely N-dealkylation sites (tertiary alicyclic amines) is 1. The molecule has 0 N–H and O–H groups in total. The van der Waals surface area contributed by atoms with E-state index >= 15 is 0 Å². The molecule has 1 aliphatic heterocycles. The molecule has 134 valence electrons. The molecular formula is C20H27N3OS. The maximum absolute atomic E-state index is 12.7. The van der Waals surface area contributed by atoms with E-state index in [1.54, 1.807) is 11.8 Å². The summed E-state index contributed by atoms with van der Waals surface area (Å²) in [6.45, 7) is 6.00. The molecule has 2 heterocycles. The van der Waals surface area contributed by atoms with Gasteiger partial charge in [-0.15, -0.1) is 11.8 Å². The van der Waals surface area contributed by atoms with Gasteiger partial charge in [0.2, 0.25) is 5.91 Å². The first kappa shape index (κ1) is 18.1. The van der Waals surface area contributed by atoms with Crippen LogP contribution in [0, 0.1) is 0 Å². The Kier molecular flexibility index (Phi) is 5.84. The van der Waals surface area contributed by atoms with E-state index in [1.807, 2.05) is 17.3 Å². The molecule has 1 aromatic heterocycles. The van der Waals surface area contributed by atoms with E-state index in [2.05, 4.69) is 53.9 Å². The van der Waals surface area contributed by atoms with Crippen molar-refractivity contribution in [3.63, 3.8) is 0 Å². The lowest BCUT2D eigenvalue weighted by Gasteiger charge is -2.33. The van der Waals surface area contributed by atoms with Crippen LogP contribution in [0.25, 0.3) is 0 Å². The van der Waals surface area contributed by atoms with Gasteiger partial charge in [0.05, 0.1) is 6.42 Å². The lowest BCUT2D eigenvalue weighted by atomic mass is 9.96. The molecule has 2 aromatic rings. The molecule has 0 spiro atoms. The molecule has 1 fully saturated rings. The highest BCUT2D eigenvalue weighted by atomic mass is 32.2. The second kappa shape index (κ2) is 8.09. The summed E-state index contributed by atoms with van der Waals surface area (Å²) in [5.74, 6) is 1.69. The normalized spacial score (nSPS) is 17.9. The zero-order chi connectivity index (χ0) is 17.8. The first-order valence-corrected chi connectivity index (χ1v) is 10.2. The Morgan fingerprint density at radius 3 is 2.76 bits per heavy atom. The molecule has 1 atom stereocenters. The minimum absolute atomic E-state index is 0.226. The molecule has 1 aromatic carbocycles. The molecule has 0 aliphatic carbocycles. The minimum Gasteiger partial charge on any atom is -0.342 e. The van der Waals surface area contributed by atoms with Crippen LogP contribution in [0.2, 0.25) is 0 Å². The van der Waals surface area contributed by atoms with Crippen molar-refractivity contribution < 1.29 is 4.79 Å². The molecule has 3 rings (SSSR count). The van der Waals surface area contributed by atoms with Gasteiger partial charge in [-0.2, -0.15) is 0 Å². The number of hydrogen-bond donors (Lipinski definition) is 0. The van der Waals surface area contributed by atoms with Gasteiger partial charge in [-0.05, 0) is 50.6 Å². The fourth-order valence-electron chi connectivity index (χ4n) is 3.52. The summed E-state index contributed by atoms with van der Waals surface area (Å²) >= 11 is 1.72. The van der Waals surface area contributed by atoms with E-state index < -0.39 is 0 Å². The van der Waals surface area contributed by atoms with E-state index in [-0.39, 0.29) is 5.91 Å². The maximum atomic E-state index is 12.7. The molecule has 0 radical (unpaired) electrons. The van der Waals surface area contributed by atoms with Crippen LogP contribution in [-0.4, -0.2) is 39.7 Å². The SMILES string of the molecule is CSc1ccc(CC(=O)N2CCCC(c3nccn3C(C)C)C2)cc1. The number of imidazole rings is 1. The number of hydrogen-bond acceptors (Lipinski definition) is 3. The van der Waals surface area contributed by atoms with E-state index in [1.165, 1.54) is 4.90 Å². The first-order chi connectivity index (χ1) is 12.1. The molecule has 1 unspecified atom stereocenters. The predicted molar refractivity (Wildman–Crippen MR) is 103 cm³/mol. The number of carbonyl (C=O) groups is 1. The summed E-state index contributed by atoms with van der Waals surface area (Å²) in [7, 11) is 0. The van der Waals surface area contributed by atoms with Crippen LogP contribution in [0.4, 0.5) is 0 Å². The van der Waals surface area contributed by atoms with Crippen LogP contribution in [0.5, 0.6) is 0 Å². The van der Waals surface area contributed by atoms with Crippen molar-refractivity contribution in [1.29, 1.82) is 0 Å². The van der Waals surface area contributed by atoms with Gasteiger partial charge >= 0.3 is 0 Å². The zero-order valence-corrected chi connectivity index (χ0v) is 16.1. The molecule has 25 heavy (non-hydrogen) atoms. The molecule has 1 amide bonds. The third kappa shape index (κ3) is 4.27. The van der Waals surface area contributed by atoms with Gasteiger partial charge in [-0.3, -0.25) is 4.79 Å². The fraction of sp³-hybridized carbons (Fsp3) is 0.500. The number of nitrogens with zero attached hydrogens (tertiary/aromatic N) is 3. The smallest absolute Gasteiger partial charge is 0.227 e. The summed E-state index contributed by atoms with van der Waals surface area (Å²) in [5, 5.41) is 0. The standard InChI is InChI=1S/C20H27N3OS/c1-15(2)23-12-10-21-20(23)17-5-4-11-22(14-17)19(24)13-16-6-8-18(25-3)9-7-16/h6-10,12,15,17H,4-5,11,13-14H2,1-3H3. The van der Waals surface area contributed by atoms with Gasteiger partial charge in [-0.1, -0.05) is 12.1 Å². The summed E-state index contributed by atoms with van der Waals surface area (Å²) in [4.78, 5) is 20.6. The van der Waals surface area contributed by atoms with Crippen LogP contribution >= 0.6 is 11.8 Å². The number of benzene rings is 1. The van der Waals surface area contributed by atoms with Gasteiger partial charge in [0.25, 0.3) is 0 Å². The van der Waals surface area contributed by atoms with E-state index in [0.29, 0.717) is 18.4 Å². The Hall–Kier alpha value is -1.75. The Bertz CT molecular complexity index is 708. The minimum atomic E-state index is 0.226. The van der Waals surface area contributed by atoms with Gasteiger partial charge in [0.15, 0.2) is 0 Å². The third-order valence-corrected chi connectivity index (χ3v) is 5.65. The Balaban J connectivity index is 1.66. The number of amides is 1. The highest BCUT2D eigenvalue weighted by Gasteiger charge is 2.27. The van der Waals surface area contributed by atoms with Gasteiger partial charge in [0, 0.05) is 42.3 Å². The average molecular weight is 358 g/mol. The zero-order valence-electron chi connectivity index (χ0n) is 15.3. The van der Waals surface area contributed by atoms with Crippen LogP contribution in [0.15, 0.2) is 41.6 Å². The number of aromatic nitrogens is 2. The van der Waals surface area contributed by atoms with Crippen molar-refractivity contribution in [2.75, 3.05) is 19.3 Å². The summed E-state index contributed by atoms with van der Waals surface area (Å²) in [6, 6.07) is 8.71.